The number of amides is 1. The fourth-order valence-corrected chi connectivity index (χ4v) is 0.611. The molecule has 0 saturated carbocycles. The van der Waals surface area contributed by atoms with Crippen molar-refractivity contribution < 1.29 is 14.3 Å². The van der Waals surface area contributed by atoms with Gasteiger partial charge < -0.3 is 4.74 Å². The van der Waals surface area contributed by atoms with E-state index in [1.54, 1.807) is 20.8 Å². The van der Waals surface area contributed by atoms with Gasteiger partial charge in [-0.25, -0.2) is 4.79 Å². The zero-order chi connectivity index (χ0) is 10.6. The summed E-state index contributed by atoms with van der Waals surface area (Å²) in [4.78, 5) is 21.7. The Kier molecular flexibility index (Phi) is 4.38. The van der Waals surface area contributed by atoms with E-state index < -0.39 is 11.7 Å². The number of ether oxygens (including phenoxy) is 1. The Morgan fingerprint density at radius 2 is 1.85 bits per heavy atom. The first kappa shape index (κ1) is 12.4. The minimum Gasteiger partial charge on any atom is -0.444 e. The predicted molar refractivity (Wildman–Crippen MR) is 57.5 cm³/mol. The number of hydrogen-bond donors (Lipinski definition) is 1. The van der Waals surface area contributed by atoms with Crippen LogP contribution in [0.2, 0.25) is 0 Å². The molecule has 4 nitrogen and oxygen atoms in total. The van der Waals surface area contributed by atoms with Gasteiger partial charge in [0.2, 0.25) is 3.79 Å². The van der Waals surface area contributed by atoms with Crippen molar-refractivity contribution in [3.05, 3.63) is 12.3 Å². The van der Waals surface area contributed by atoms with Crippen LogP contribution in [0.15, 0.2) is 12.3 Å². The summed E-state index contributed by atoms with van der Waals surface area (Å²) in [5.41, 5.74) is -0.548. The molecule has 0 saturated heterocycles. The van der Waals surface area contributed by atoms with Gasteiger partial charge in [-0.2, -0.15) is 0 Å². The van der Waals surface area contributed by atoms with E-state index in [0.717, 1.165) is 0 Å². The highest BCUT2D eigenvalue weighted by Crippen LogP contribution is 2.07. The Balaban J connectivity index is 4.04. The van der Waals surface area contributed by atoms with Gasteiger partial charge in [0.05, 0.1) is 5.70 Å². The van der Waals surface area contributed by atoms with E-state index in [4.69, 9.17) is 4.74 Å². The number of carbonyl (C=O) groups excluding carboxylic acids is 2. The minimum atomic E-state index is -0.664. The Morgan fingerprint density at radius 1 is 1.38 bits per heavy atom. The molecule has 0 aliphatic heterocycles. The van der Waals surface area contributed by atoms with Crippen LogP contribution in [0.1, 0.15) is 20.8 Å². The van der Waals surface area contributed by atoms with E-state index in [1.807, 2.05) is 0 Å². The highest BCUT2D eigenvalue weighted by Gasteiger charge is 2.17. The van der Waals surface area contributed by atoms with E-state index in [1.165, 1.54) is 22.6 Å². The van der Waals surface area contributed by atoms with Gasteiger partial charge in [0.25, 0.3) is 0 Å². The van der Waals surface area contributed by atoms with E-state index in [2.05, 4.69) is 11.9 Å². The molecule has 0 aromatic rings. The molecule has 1 amide bonds. The lowest BCUT2D eigenvalue weighted by atomic mass is 10.2. The van der Waals surface area contributed by atoms with Crippen LogP contribution in [-0.2, 0) is 9.53 Å². The zero-order valence-electron chi connectivity index (χ0n) is 7.81. The summed E-state index contributed by atoms with van der Waals surface area (Å²) < 4.78 is 4.58. The molecule has 0 aromatic carbocycles. The fourth-order valence-electron chi connectivity index (χ4n) is 0.476. The summed E-state index contributed by atoms with van der Waals surface area (Å²) in [7, 11) is 0. The van der Waals surface area contributed by atoms with Crippen molar-refractivity contribution in [2.45, 2.75) is 26.4 Å². The number of alkyl carbamates (subject to hydrolysis) is 1. The van der Waals surface area contributed by atoms with Crippen molar-refractivity contribution >= 4 is 32.5 Å². The quantitative estimate of drug-likeness (QED) is 0.482. The van der Waals surface area contributed by atoms with Gasteiger partial charge in [-0.15, -0.1) is 0 Å². The van der Waals surface area contributed by atoms with Crippen molar-refractivity contribution in [2.24, 2.45) is 0 Å². The van der Waals surface area contributed by atoms with Gasteiger partial charge in [0, 0.05) is 22.6 Å². The second kappa shape index (κ2) is 4.59. The maximum atomic E-state index is 11.0. The second-order valence-electron chi connectivity index (χ2n) is 3.38. The third kappa shape index (κ3) is 6.56. The molecule has 0 radical (unpaired) electrons. The lowest BCUT2D eigenvalue weighted by Gasteiger charge is -2.19. The molecule has 0 unspecified atom stereocenters. The number of hydrogen-bond acceptors (Lipinski definition) is 3. The van der Waals surface area contributed by atoms with Gasteiger partial charge >= 0.3 is 6.09 Å². The smallest absolute Gasteiger partial charge is 0.412 e. The topological polar surface area (TPSA) is 55.4 Å². The van der Waals surface area contributed by atoms with E-state index >= 15 is 0 Å². The van der Waals surface area contributed by atoms with Crippen LogP contribution in [0.4, 0.5) is 4.79 Å². The van der Waals surface area contributed by atoms with E-state index in [-0.39, 0.29) is 9.49 Å². The lowest BCUT2D eigenvalue weighted by Crippen LogP contribution is -2.32. The number of rotatable bonds is 2. The Labute approximate surface area is 90.9 Å². The molecule has 0 fully saturated rings. The average Bonchev–Trinajstić information content (AvgIpc) is 1.81. The summed E-state index contributed by atoms with van der Waals surface area (Å²) in [6.07, 6.45) is -0.664. The van der Waals surface area contributed by atoms with Gasteiger partial charge in [-0.05, 0) is 20.8 Å². The van der Waals surface area contributed by atoms with Crippen LogP contribution in [0.3, 0.4) is 0 Å². The first-order valence-electron chi connectivity index (χ1n) is 3.61. The molecule has 74 valence electrons. The van der Waals surface area contributed by atoms with Crippen molar-refractivity contribution in [1.29, 1.82) is 0 Å². The lowest BCUT2D eigenvalue weighted by molar-refractivity contribution is -0.106. The molecular formula is C8H12INO3. The second-order valence-corrected chi connectivity index (χ2v) is 4.36. The maximum absolute atomic E-state index is 11.0. The summed E-state index contributed by atoms with van der Waals surface area (Å²) in [5.74, 6) is 0. The molecule has 0 aliphatic rings. The Bertz CT molecular complexity index is 242. The molecule has 0 aliphatic carbocycles. The average molecular weight is 297 g/mol. The minimum absolute atomic E-state index is 0.0230. The van der Waals surface area contributed by atoms with Crippen LogP contribution in [0.25, 0.3) is 0 Å². The first-order valence-corrected chi connectivity index (χ1v) is 4.69. The standard InChI is InChI=1S/C8H12INO3/c1-5(6(9)11)10-7(12)13-8(2,3)4/h1H2,2-4H3,(H,10,12). The van der Waals surface area contributed by atoms with Crippen LogP contribution in [0, 0.1) is 0 Å². The molecule has 5 heteroatoms. The zero-order valence-corrected chi connectivity index (χ0v) is 9.97. The highest BCUT2D eigenvalue weighted by atomic mass is 127. The molecule has 0 spiro atoms. The van der Waals surface area contributed by atoms with Crippen LogP contribution in [0.5, 0.6) is 0 Å². The SMILES string of the molecule is C=C(NC(=O)OC(C)(C)C)C(=O)I. The Morgan fingerprint density at radius 3 is 2.15 bits per heavy atom. The molecule has 0 aromatic heterocycles. The van der Waals surface area contributed by atoms with Crippen LogP contribution >= 0.6 is 22.6 Å². The summed E-state index contributed by atoms with van der Waals surface area (Å²) in [5, 5.41) is 2.22. The van der Waals surface area contributed by atoms with Gasteiger partial charge in [0.1, 0.15) is 5.60 Å². The van der Waals surface area contributed by atoms with Gasteiger partial charge in [-0.1, -0.05) is 6.58 Å². The highest BCUT2D eigenvalue weighted by molar-refractivity contribution is 14.1. The first-order chi connectivity index (χ1) is 5.72. The molecule has 1 N–H and O–H groups in total. The van der Waals surface area contributed by atoms with Gasteiger partial charge in [0.15, 0.2) is 0 Å². The summed E-state index contributed by atoms with van der Waals surface area (Å²) >= 11 is 1.53. The van der Waals surface area contributed by atoms with Crippen molar-refractivity contribution in [2.75, 3.05) is 0 Å². The van der Waals surface area contributed by atoms with Crippen molar-refractivity contribution in [3.63, 3.8) is 0 Å². The third-order valence-electron chi connectivity index (χ3n) is 0.889. The number of halogens is 1. The monoisotopic (exact) mass is 297 g/mol. The molecule has 0 heterocycles. The molecule has 0 rings (SSSR count). The van der Waals surface area contributed by atoms with Crippen molar-refractivity contribution in [3.8, 4) is 0 Å². The number of allylic oxidation sites excluding steroid dienone is 1. The van der Waals surface area contributed by atoms with Crippen LogP contribution in [-0.4, -0.2) is 15.5 Å². The van der Waals surface area contributed by atoms with Gasteiger partial charge in [-0.3, -0.25) is 10.1 Å². The van der Waals surface area contributed by atoms with E-state index in [0.29, 0.717) is 0 Å². The third-order valence-corrected chi connectivity index (χ3v) is 1.54. The van der Waals surface area contributed by atoms with E-state index in [9.17, 15) is 9.59 Å². The maximum Gasteiger partial charge on any atom is 0.412 e. The predicted octanol–water partition coefficient (Wildman–Crippen LogP) is 1.99. The number of nitrogens with one attached hydrogen (secondary N) is 1. The Hall–Kier alpha value is -0.590. The van der Waals surface area contributed by atoms with Crippen molar-refractivity contribution in [1.82, 2.24) is 5.32 Å². The molecule has 0 atom stereocenters. The summed E-state index contributed by atoms with van der Waals surface area (Å²) in [6, 6.07) is 0. The normalized spacial score (nSPS) is 10.5. The molecule has 13 heavy (non-hydrogen) atoms. The fraction of sp³-hybridized carbons (Fsp3) is 0.500. The molecular weight excluding hydrogens is 285 g/mol. The number of carbonyl (C=O) groups is 2. The van der Waals surface area contributed by atoms with Crippen LogP contribution < -0.4 is 5.32 Å². The summed E-state index contributed by atoms with van der Waals surface area (Å²) in [6.45, 7) is 8.57. The molecule has 0 bridgehead atoms. The largest absolute Gasteiger partial charge is 0.444 e.